The first kappa shape index (κ1) is 25.4. The predicted octanol–water partition coefficient (Wildman–Crippen LogP) is 2.97. The molecule has 0 saturated carbocycles. The van der Waals surface area contributed by atoms with Gasteiger partial charge in [0.1, 0.15) is 11.2 Å². The van der Waals surface area contributed by atoms with Crippen molar-refractivity contribution in [2.24, 2.45) is 0 Å². The third-order valence-corrected chi connectivity index (χ3v) is 6.76. The molecule has 3 rings (SSSR count). The van der Waals surface area contributed by atoms with Crippen molar-refractivity contribution >= 4 is 33.4 Å². The van der Waals surface area contributed by atoms with Gasteiger partial charge in [0.05, 0.1) is 5.52 Å². The molecule has 0 spiro atoms. The minimum atomic E-state index is -0.461. The molecular weight excluding hydrogens is 452 g/mol. The van der Waals surface area contributed by atoms with Gasteiger partial charge in [0.15, 0.2) is 0 Å². The third-order valence-electron chi connectivity index (χ3n) is 5.86. The Morgan fingerprint density at radius 3 is 2.41 bits per heavy atom. The highest BCUT2D eigenvalue weighted by Crippen LogP contribution is 2.15. The predicted molar refractivity (Wildman–Crippen MR) is 135 cm³/mol. The highest BCUT2D eigenvalue weighted by molar-refractivity contribution is 7.17. The molecule has 0 aliphatic rings. The Morgan fingerprint density at radius 2 is 1.71 bits per heavy atom. The molecule has 0 atom stereocenters. The summed E-state index contributed by atoms with van der Waals surface area (Å²) in [6.45, 7) is 5.60. The minimum absolute atomic E-state index is 0.0155. The monoisotopic (exact) mass is 484 g/mol. The van der Waals surface area contributed by atoms with Crippen molar-refractivity contribution in [1.82, 2.24) is 19.4 Å². The van der Waals surface area contributed by atoms with Gasteiger partial charge in [-0.15, -0.1) is 11.3 Å². The molecule has 0 saturated heterocycles. The van der Waals surface area contributed by atoms with Crippen molar-refractivity contribution < 1.29 is 9.59 Å². The zero-order chi connectivity index (χ0) is 24.5. The van der Waals surface area contributed by atoms with Gasteiger partial charge in [0.2, 0.25) is 11.8 Å². The number of amides is 2. The van der Waals surface area contributed by atoms with Gasteiger partial charge >= 0.3 is 5.69 Å². The lowest BCUT2D eigenvalue weighted by atomic mass is 10.1. The van der Waals surface area contributed by atoms with E-state index in [2.05, 4.69) is 5.32 Å². The van der Waals surface area contributed by atoms with Gasteiger partial charge in [0.25, 0.3) is 5.56 Å². The van der Waals surface area contributed by atoms with Gasteiger partial charge in [-0.2, -0.15) is 0 Å². The van der Waals surface area contributed by atoms with Crippen LogP contribution in [-0.2, 0) is 29.2 Å². The van der Waals surface area contributed by atoms with Crippen LogP contribution < -0.4 is 16.6 Å². The van der Waals surface area contributed by atoms with Crippen molar-refractivity contribution in [3.8, 4) is 0 Å². The van der Waals surface area contributed by atoms with E-state index in [1.54, 1.807) is 16.3 Å². The summed E-state index contributed by atoms with van der Waals surface area (Å²) in [4.78, 5) is 52.4. The van der Waals surface area contributed by atoms with Crippen LogP contribution in [0.2, 0.25) is 0 Å². The number of likely N-dealkylation sites (N-methyl/N-ethyl adjacent to an activating group) is 1. The first-order valence-electron chi connectivity index (χ1n) is 11.8. The van der Waals surface area contributed by atoms with Crippen LogP contribution in [0.25, 0.3) is 10.2 Å². The molecule has 0 aliphatic carbocycles. The molecule has 2 heterocycles. The number of carbonyl (C=O) groups is 2. The van der Waals surface area contributed by atoms with E-state index in [1.807, 2.05) is 44.2 Å². The lowest BCUT2D eigenvalue weighted by molar-refractivity contribution is -0.131. The van der Waals surface area contributed by atoms with Crippen molar-refractivity contribution in [1.29, 1.82) is 0 Å². The van der Waals surface area contributed by atoms with Crippen LogP contribution in [0.5, 0.6) is 0 Å². The minimum Gasteiger partial charge on any atom is -0.352 e. The Bertz CT molecular complexity index is 1230. The molecule has 182 valence electrons. The van der Waals surface area contributed by atoms with Crippen molar-refractivity contribution in [3.05, 3.63) is 68.2 Å². The van der Waals surface area contributed by atoms with Crippen LogP contribution >= 0.6 is 11.3 Å². The summed E-state index contributed by atoms with van der Waals surface area (Å²) in [5, 5.41) is 4.67. The molecule has 0 fully saturated rings. The van der Waals surface area contributed by atoms with E-state index in [0.29, 0.717) is 55.5 Å². The number of carbonyl (C=O) groups excluding carboxylic acids is 2. The maximum Gasteiger partial charge on any atom is 0.332 e. The van der Waals surface area contributed by atoms with Crippen LogP contribution in [0.3, 0.4) is 0 Å². The highest BCUT2D eigenvalue weighted by atomic mass is 32.1. The Balaban J connectivity index is 1.59. The molecule has 1 N–H and O–H groups in total. The fraction of sp³-hybridized carbons (Fsp3) is 0.440. The number of hydrogen-bond acceptors (Lipinski definition) is 5. The van der Waals surface area contributed by atoms with E-state index in [9.17, 15) is 19.2 Å². The summed E-state index contributed by atoms with van der Waals surface area (Å²) >= 11 is 1.28. The van der Waals surface area contributed by atoms with E-state index >= 15 is 0 Å². The fourth-order valence-corrected chi connectivity index (χ4v) is 4.76. The lowest BCUT2D eigenvalue weighted by Gasteiger charge is -2.20. The van der Waals surface area contributed by atoms with E-state index in [4.69, 9.17) is 0 Å². The summed E-state index contributed by atoms with van der Waals surface area (Å²) in [5.41, 5.74) is 0.779. The molecule has 0 unspecified atom stereocenters. The second kappa shape index (κ2) is 12.3. The number of nitrogens with one attached hydrogen (secondary N) is 1. The van der Waals surface area contributed by atoms with Crippen molar-refractivity contribution in [2.45, 2.75) is 59.2 Å². The second-order valence-corrected chi connectivity index (χ2v) is 9.02. The number of nitrogens with zero attached hydrogens (tertiary/aromatic N) is 3. The van der Waals surface area contributed by atoms with Crippen LogP contribution in [-0.4, -0.2) is 38.9 Å². The average molecular weight is 485 g/mol. The molecule has 0 bridgehead atoms. The molecule has 1 aromatic carbocycles. The average Bonchev–Trinajstić information content (AvgIpc) is 3.34. The Morgan fingerprint density at radius 1 is 0.971 bits per heavy atom. The van der Waals surface area contributed by atoms with Crippen molar-refractivity contribution in [2.75, 3.05) is 13.1 Å². The Kier molecular flexibility index (Phi) is 9.21. The number of benzene rings is 1. The number of rotatable bonds is 12. The second-order valence-electron chi connectivity index (χ2n) is 8.10. The zero-order valence-electron chi connectivity index (χ0n) is 19.8. The number of aromatic nitrogens is 2. The molecule has 2 aromatic heterocycles. The number of unbranched alkanes of at least 4 members (excludes halogenated alkanes) is 2. The molecule has 8 nitrogen and oxygen atoms in total. The summed E-state index contributed by atoms with van der Waals surface area (Å²) < 4.78 is 3.11. The SMILES string of the molecule is CCN(CC)C(=O)Cn1c(=O)n(CCCCCC(=O)NCc2ccccc2)c(=O)c2sccc21. The van der Waals surface area contributed by atoms with E-state index in [1.165, 1.54) is 20.5 Å². The molecule has 0 radical (unpaired) electrons. The van der Waals surface area contributed by atoms with Crippen LogP contribution in [0.15, 0.2) is 51.4 Å². The zero-order valence-corrected chi connectivity index (χ0v) is 20.6. The topological polar surface area (TPSA) is 93.4 Å². The van der Waals surface area contributed by atoms with E-state index in [-0.39, 0.29) is 30.5 Å². The summed E-state index contributed by atoms with van der Waals surface area (Å²) in [6, 6.07) is 11.5. The lowest BCUT2D eigenvalue weighted by Crippen LogP contribution is -2.43. The maximum atomic E-state index is 13.1. The van der Waals surface area contributed by atoms with Crippen LogP contribution in [0, 0.1) is 0 Å². The fourth-order valence-electron chi connectivity index (χ4n) is 3.91. The van der Waals surface area contributed by atoms with Gasteiger partial charge in [-0.25, -0.2) is 4.79 Å². The molecule has 3 aromatic rings. The normalized spacial score (nSPS) is 11.0. The van der Waals surface area contributed by atoms with Gasteiger partial charge in [-0.05, 0) is 43.7 Å². The molecular formula is C25H32N4O4S. The van der Waals surface area contributed by atoms with E-state index in [0.717, 1.165) is 5.56 Å². The van der Waals surface area contributed by atoms with Gasteiger partial charge < -0.3 is 10.2 Å². The van der Waals surface area contributed by atoms with Gasteiger partial charge in [0, 0.05) is 32.6 Å². The highest BCUT2D eigenvalue weighted by Gasteiger charge is 2.18. The van der Waals surface area contributed by atoms with Crippen LogP contribution in [0.4, 0.5) is 0 Å². The standard InChI is InChI=1S/C25H32N4O4S/c1-3-27(4-2)22(31)18-29-20-14-16-34-23(20)24(32)28(25(29)33)15-10-6-9-13-21(30)26-17-19-11-7-5-8-12-19/h5,7-8,11-12,14,16H,3-4,6,9-10,13,15,17-18H2,1-2H3,(H,26,30). The van der Waals surface area contributed by atoms with Gasteiger partial charge in [-0.3, -0.25) is 23.5 Å². The molecule has 34 heavy (non-hydrogen) atoms. The summed E-state index contributed by atoms with van der Waals surface area (Å²) in [7, 11) is 0. The summed E-state index contributed by atoms with van der Waals surface area (Å²) in [6.07, 6.45) is 2.38. The Hall–Kier alpha value is -3.20. The van der Waals surface area contributed by atoms with Gasteiger partial charge in [-0.1, -0.05) is 36.8 Å². The summed E-state index contributed by atoms with van der Waals surface area (Å²) in [5.74, 6) is -0.162. The molecule has 9 heteroatoms. The van der Waals surface area contributed by atoms with Crippen LogP contribution in [0.1, 0.15) is 45.1 Å². The molecule has 2 amide bonds. The maximum absolute atomic E-state index is 13.1. The Labute approximate surface area is 202 Å². The molecule has 0 aliphatic heterocycles. The smallest absolute Gasteiger partial charge is 0.332 e. The van der Waals surface area contributed by atoms with E-state index < -0.39 is 5.69 Å². The van der Waals surface area contributed by atoms with Crippen molar-refractivity contribution in [3.63, 3.8) is 0 Å². The quantitative estimate of drug-likeness (QED) is 0.400. The number of fused-ring (bicyclic) bond motifs is 1. The first-order chi connectivity index (χ1) is 16.5. The third kappa shape index (κ3) is 6.22. The first-order valence-corrected chi connectivity index (χ1v) is 12.6. The largest absolute Gasteiger partial charge is 0.352 e. The number of thiophene rings is 1. The number of hydrogen-bond donors (Lipinski definition) is 1.